The van der Waals surface area contributed by atoms with Crippen molar-refractivity contribution in [1.82, 2.24) is 10.3 Å². The predicted octanol–water partition coefficient (Wildman–Crippen LogP) is 5.94. The Labute approximate surface area is 241 Å². The number of nitrogens with zero attached hydrogens (tertiary/aromatic N) is 1. The maximum Gasteiger partial charge on any atom is 0.217 e. The van der Waals surface area contributed by atoms with E-state index in [0.29, 0.717) is 46.8 Å². The normalized spacial score (nSPS) is 20.5. The molecule has 0 spiro atoms. The van der Waals surface area contributed by atoms with Gasteiger partial charge in [-0.1, -0.05) is 54.1 Å². The highest BCUT2D eigenvalue weighted by Gasteiger charge is 2.44. The third kappa shape index (κ3) is 5.75. The SMILES string of the molecule is COc1nc2ccc(S(=O)(=O)C(C)C)cc2cc1C(c1ccc(Cl)cc1)C1(O)CCNC(Cc2ccccc2)C1. The van der Waals surface area contributed by atoms with Crippen LogP contribution in [-0.2, 0) is 16.3 Å². The summed E-state index contributed by atoms with van der Waals surface area (Å²) in [5, 5.41) is 16.8. The third-order valence-electron chi connectivity index (χ3n) is 7.89. The quantitative estimate of drug-likeness (QED) is 0.269. The van der Waals surface area contributed by atoms with E-state index in [9.17, 15) is 13.5 Å². The second kappa shape index (κ2) is 11.5. The maximum absolute atomic E-state index is 13.0. The topological polar surface area (TPSA) is 88.5 Å². The van der Waals surface area contributed by atoms with Crippen molar-refractivity contribution in [2.45, 2.75) is 60.8 Å². The Morgan fingerprint density at radius 2 is 1.80 bits per heavy atom. The Hall–Kier alpha value is -2.97. The molecular formula is C32H35ClN2O4S. The summed E-state index contributed by atoms with van der Waals surface area (Å²) in [5.41, 5.74) is 2.30. The van der Waals surface area contributed by atoms with Crippen LogP contribution in [0.3, 0.4) is 0 Å². The lowest BCUT2D eigenvalue weighted by Gasteiger charge is -2.43. The number of hydrogen-bond acceptors (Lipinski definition) is 6. The van der Waals surface area contributed by atoms with Crippen LogP contribution in [0, 0.1) is 0 Å². The van der Waals surface area contributed by atoms with Crippen molar-refractivity contribution in [3.05, 3.63) is 101 Å². The van der Waals surface area contributed by atoms with Gasteiger partial charge in [0.05, 0.1) is 28.4 Å². The van der Waals surface area contributed by atoms with Gasteiger partial charge in [0, 0.05) is 27.9 Å². The molecule has 0 radical (unpaired) electrons. The molecule has 1 aliphatic rings. The highest BCUT2D eigenvalue weighted by molar-refractivity contribution is 7.92. The number of nitrogens with one attached hydrogen (secondary N) is 1. The molecule has 0 bridgehead atoms. The Morgan fingerprint density at radius 1 is 1.07 bits per heavy atom. The van der Waals surface area contributed by atoms with Crippen molar-refractivity contribution in [3.63, 3.8) is 0 Å². The minimum Gasteiger partial charge on any atom is -0.481 e. The van der Waals surface area contributed by atoms with Crippen LogP contribution in [0.1, 0.15) is 49.3 Å². The molecule has 4 aromatic rings. The van der Waals surface area contributed by atoms with Crippen LogP contribution in [0.5, 0.6) is 5.88 Å². The lowest BCUT2D eigenvalue weighted by atomic mass is 9.70. The molecule has 1 fully saturated rings. The van der Waals surface area contributed by atoms with Crippen molar-refractivity contribution in [3.8, 4) is 5.88 Å². The van der Waals surface area contributed by atoms with E-state index in [1.165, 1.54) is 5.56 Å². The summed E-state index contributed by atoms with van der Waals surface area (Å²) in [6.45, 7) is 4.00. The number of piperidine rings is 1. The van der Waals surface area contributed by atoms with Gasteiger partial charge in [0.2, 0.25) is 5.88 Å². The van der Waals surface area contributed by atoms with Crippen molar-refractivity contribution in [1.29, 1.82) is 0 Å². The van der Waals surface area contributed by atoms with Gasteiger partial charge in [0.25, 0.3) is 0 Å². The molecule has 40 heavy (non-hydrogen) atoms. The Balaban J connectivity index is 1.64. The smallest absolute Gasteiger partial charge is 0.217 e. The number of hydrogen-bond donors (Lipinski definition) is 2. The van der Waals surface area contributed by atoms with Crippen LogP contribution >= 0.6 is 11.6 Å². The van der Waals surface area contributed by atoms with Gasteiger partial charge in [-0.15, -0.1) is 0 Å². The first kappa shape index (κ1) is 28.6. The molecule has 3 aromatic carbocycles. The van der Waals surface area contributed by atoms with Gasteiger partial charge >= 0.3 is 0 Å². The monoisotopic (exact) mass is 578 g/mol. The van der Waals surface area contributed by atoms with Crippen LogP contribution in [0.25, 0.3) is 10.9 Å². The zero-order chi connectivity index (χ0) is 28.5. The van der Waals surface area contributed by atoms with Crippen molar-refractivity contribution in [2.75, 3.05) is 13.7 Å². The van der Waals surface area contributed by atoms with Gasteiger partial charge in [-0.3, -0.25) is 0 Å². The molecule has 3 unspecified atom stereocenters. The summed E-state index contributed by atoms with van der Waals surface area (Å²) in [6, 6.07) is 24.7. The fourth-order valence-electron chi connectivity index (χ4n) is 5.81. The lowest BCUT2D eigenvalue weighted by molar-refractivity contribution is -0.0191. The largest absolute Gasteiger partial charge is 0.481 e. The number of methoxy groups -OCH3 is 1. The van der Waals surface area contributed by atoms with Crippen LogP contribution in [0.15, 0.2) is 83.8 Å². The minimum absolute atomic E-state index is 0.0677. The molecule has 0 saturated carbocycles. The minimum atomic E-state index is -3.48. The number of aliphatic hydroxyl groups is 1. The van der Waals surface area contributed by atoms with E-state index in [4.69, 9.17) is 21.3 Å². The molecule has 1 saturated heterocycles. The fraction of sp³-hybridized carbons (Fsp3) is 0.344. The number of fused-ring (bicyclic) bond motifs is 1. The molecule has 2 heterocycles. The average molecular weight is 579 g/mol. The van der Waals surface area contributed by atoms with E-state index in [2.05, 4.69) is 17.4 Å². The maximum atomic E-state index is 13.0. The van der Waals surface area contributed by atoms with Crippen molar-refractivity contribution < 1.29 is 18.3 Å². The van der Waals surface area contributed by atoms with E-state index >= 15 is 0 Å². The summed E-state index contributed by atoms with van der Waals surface area (Å²) >= 11 is 6.25. The van der Waals surface area contributed by atoms with Crippen LogP contribution in [0.4, 0.5) is 0 Å². The van der Waals surface area contributed by atoms with Gasteiger partial charge in [-0.25, -0.2) is 13.4 Å². The molecule has 6 nitrogen and oxygen atoms in total. The number of sulfone groups is 1. The Morgan fingerprint density at radius 3 is 2.48 bits per heavy atom. The number of halogens is 1. The molecule has 1 aromatic heterocycles. The highest BCUT2D eigenvalue weighted by Crippen LogP contribution is 2.45. The predicted molar refractivity (Wildman–Crippen MR) is 160 cm³/mol. The molecule has 8 heteroatoms. The summed E-state index contributed by atoms with van der Waals surface area (Å²) in [7, 11) is -1.91. The first-order valence-corrected chi connectivity index (χ1v) is 15.5. The summed E-state index contributed by atoms with van der Waals surface area (Å²) < 4.78 is 31.7. The summed E-state index contributed by atoms with van der Waals surface area (Å²) in [6.07, 6.45) is 1.83. The zero-order valence-electron chi connectivity index (χ0n) is 23.0. The van der Waals surface area contributed by atoms with Crippen molar-refractivity contribution in [2.24, 2.45) is 0 Å². The molecule has 210 valence electrons. The second-order valence-corrected chi connectivity index (χ2v) is 13.9. The van der Waals surface area contributed by atoms with E-state index < -0.39 is 26.6 Å². The third-order valence-corrected chi connectivity index (χ3v) is 10.3. The number of benzene rings is 3. The standard InChI is InChI=1S/C32H35ClN2O4S/c1-21(2)40(37,38)27-13-14-29-24(18-27)19-28(31(35-29)39-3)30(23-9-11-25(33)12-10-23)32(36)15-16-34-26(20-32)17-22-7-5-4-6-8-22/h4-14,18-19,21,26,30,34,36H,15-17,20H2,1-3H3. The van der Waals surface area contributed by atoms with E-state index in [0.717, 1.165) is 12.0 Å². The number of pyridine rings is 1. The summed E-state index contributed by atoms with van der Waals surface area (Å²) in [5.74, 6) is -0.0826. The van der Waals surface area contributed by atoms with E-state index in [1.54, 1.807) is 39.2 Å². The second-order valence-electron chi connectivity index (χ2n) is 10.9. The first-order valence-electron chi connectivity index (χ1n) is 13.6. The highest BCUT2D eigenvalue weighted by atomic mass is 35.5. The van der Waals surface area contributed by atoms with Gasteiger partial charge in [0.15, 0.2) is 9.84 Å². The Kier molecular flexibility index (Phi) is 8.20. The molecule has 2 N–H and O–H groups in total. The van der Waals surface area contributed by atoms with Gasteiger partial charge in [-0.05, 0) is 87.2 Å². The molecular weight excluding hydrogens is 544 g/mol. The van der Waals surface area contributed by atoms with Crippen LogP contribution in [0.2, 0.25) is 5.02 Å². The number of ether oxygens (including phenoxy) is 1. The number of aromatic nitrogens is 1. The molecule has 3 atom stereocenters. The van der Waals surface area contributed by atoms with E-state index in [1.807, 2.05) is 48.5 Å². The van der Waals surface area contributed by atoms with Crippen LogP contribution in [-0.4, -0.2) is 49.1 Å². The zero-order valence-corrected chi connectivity index (χ0v) is 24.5. The molecule has 0 aliphatic carbocycles. The molecule has 0 amide bonds. The van der Waals surface area contributed by atoms with E-state index in [-0.39, 0.29) is 10.9 Å². The lowest BCUT2D eigenvalue weighted by Crippen LogP contribution is -2.52. The Bertz CT molecular complexity index is 1590. The van der Waals surface area contributed by atoms with Gasteiger partial charge < -0.3 is 15.2 Å². The number of rotatable bonds is 8. The van der Waals surface area contributed by atoms with Gasteiger partial charge in [-0.2, -0.15) is 0 Å². The molecule has 5 rings (SSSR count). The van der Waals surface area contributed by atoms with Gasteiger partial charge in [0.1, 0.15) is 0 Å². The average Bonchev–Trinajstić information content (AvgIpc) is 2.94. The van der Waals surface area contributed by atoms with Crippen LogP contribution < -0.4 is 10.1 Å². The first-order chi connectivity index (χ1) is 19.1. The molecule has 1 aliphatic heterocycles. The fourth-order valence-corrected chi connectivity index (χ4v) is 7.03. The summed E-state index contributed by atoms with van der Waals surface area (Å²) in [4.78, 5) is 5.02. The van der Waals surface area contributed by atoms with Crippen molar-refractivity contribution >= 4 is 32.3 Å².